The number of ketones is 1. The van der Waals surface area contributed by atoms with E-state index in [0.29, 0.717) is 19.5 Å². The van der Waals surface area contributed by atoms with Crippen LogP contribution in [-0.4, -0.2) is 28.9 Å². The Hall–Kier alpha value is -2.34. The highest BCUT2D eigenvalue weighted by atomic mass is 19.4. The number of aromatic hydroxyl groups is 1. The van der Waals surface area contributed by atoms with E-state index in [9.17, 15) is 23.1 Å². The second-order valence-corrected chi connectivity index (χ2v) is 6.65. The van der Waals surface area contributed by atoms with Crippen LogP contribution in [0.2, 0.25) is 0 Å². The number of halogens is 3. The minimum absolute atomic E-state index is 0.106. The van der Waals surface area contributed by atoms with Crippen molar-refractivity contribution in [3.8, 4) is 5.75 Å². The lowest BCUT2D eigenvalue weighted by Gasteiger charge is -2.32. The number of carbonyl (C=O) groups excluding carboxylic acids is 1. The molecule has 1 fully saturated rings. The molecule has 26 heavy (non-hydrogen) atoms. The van der Waals surface area contributed by atoms with Gasteiger partial charge >= 0.3 is 6.18 Å². The summed E-state index contributed by atoms with van der Waals surface area (Å²) in [6, 6.07) is 11.7. The fourth-order valence-corrected chi connectivity index (χ4v) is 3.38. The third-order valence-corrected chi connectivity index (χ3v) is 4.74. The highest BCUT2D eigenvalue weighted by Crippen LogP contribution is 2.31. The number of nitrogens with zero attached hydrogens (tertiary/aromatic N) is 1. The summed E-state index contributed by atoms with van der Waals surface area (Å²) < 4.78 is 38.6. The first-order chi connectivity index (χ1) is 12.3. The van der Waals surface area contributed by atoms with Crippen molar-refractivity contribution >= 4 is 5.78 Å². The first-order valence-electron chi connectivity index (χ1n) is 8.55. The Morgan fingerprint density at radius 3 is 2.65 bits per heavy atom. The van der Waals surface area contributed by atoms with Gasteiger partial charge in [0.25, 0.3) is 0 Å². The minimum atomic E-state index is -4.46. The number of hydrogen-bond acceptors (Lipinski definition) is 3. The van der Waals surface area contributed by atoms with Gasteiger partial charge in [-0.1, -0.05) is 30.3 Å². The molecule has 138 valence electrons. The van der Waals surface area contributed by atoms with Crippen molar-refractivity contribution in [2.75, 3.05) is 13.1 Å². The normalized spacial score (nSPS) is 18.7. The molecule has 0 unspecified atom stereocenters. The zero-order valence-corrected chi connectivity index (χ0v) is 14.2. The summed E-state index contributed by atoms with van der Waals surface area (Å²) in [4.78, 5) is 14.8. The van der Waals surface area contributed by atoms with Gasteiger partial charge in [0.1, 0.15) is 5.75 Å². The van der Waals surface area contributed by atoms with Crippen LogP contribution in [0.3, 0.4) is 0 Å². The number of benzene rings is 2. The number of rotatable bonds is 4. The van der Waals surface area contributed by atoms with E-state index < -0.39 is 11.7 Å². The SMILES string of the molecule is O=C(c1cccc(C(F)(F)F)c1)[C@H]1CCCN(Cc2ccccc2O)C1. The van der Waals surface area contributed by atoms with E-state index in [1.165, 1.54) is 12.1 Å². The van der Waals surface area contributed by atoms with Crippen molar-refractivity contribution < 1.29 is 23.1 Å². The van der Waals surface area contributed by atoms with E-state index >= 15 is 0 Å². The van der Waals surface area contributed by atoms with Gasteiger partial charge in [-0.3, -0.25) is 9.69 Å². The maximum atomic E-state index is 12.9. The molecule has 1 aliphatic rings. The highest BCUT2D eigenvalue weighted by Gasteiger charge is 2.32. The Morgan fingerprint density at radius 1 is 1.15 bits per heavy atom. The lowest BCUT2D eigenvalue weighted by atomic mass is 9.89. The molecule has 0 spiro atoms. The zero-order valence-electron chi connectivity index (χ0n) is 14.2. The van der Waals surface area contributed by atoms with Crippen LogP contribution in [0.25, 0.3) is 0 Å². The summed E-state index contributed by atoms with van der Waals surface area (Å²) in [5.74, 6) is -0.380. The van der Waals surface area contributed by atoms with E-state index in [2.05, 4.69) is 4.90 Å². The molecule has 0 amide bonds. The third kappa shape index (κ3) is 4.25. The number of para-hydroxylation sites is 1. The molecule has 0 aliphatic carbocycles. The van der Waals surface area contributed by atoms with E-state index in [-0.39, 0.29) is 23.0 Å². The number of phenols is 1. The molecule has 0 saturated carbocycles. The Labute approximate surface area is 150 Å². The standard InChI is InChI=1S/C20H20F3NO2/c21-20(22,23)17-8-3-6-14(11-17)19(26)16-7-4-10-24(13-16)12-15-5-1-2-9-18(15)25/h1-3,5-6,8-9,11,16,25H,4,7,10,12-13H2/t16-/m0/s1. The number of hydrogen-bond donors (Lipinski definition) is 1. The lowest BCUT2D eigenvalue weighted by molar-refractivity contribution is -0.137. The van der Waals surface area contributed by atoms with Gasteiger partial charge < -0.3 is 5.11 Å². The number of phenolic OH excluding ortho intramolecular Hbond substituents is 1. The smallest absolute Gasteiger partial charge is 0.416 e. The van der Waals surface area contributed by atoms with Crippen LogP contribution in [0, 0.1) is 5.92 Å². The maximum Gasteiger partial charge on any atom is 0.416 e. The second-order valence-electron chi connectivity index (χ2n) is 6.65. The molecule has 1 saturated heterocycles. The van der Waals surface area contributed by atoms with Crippen LogP contribution in [0.15, 0.2) is 48.5 Å². The van der Waals surface area contributed by atoms with E-state index in [4.69, 9.17) is 0 Å². The Kier molecular flexibility index (Phi) is 5.32. The monoisotopic (exact) mass is 363 g/mol. The molecule has 0 aromatic heterocycles. The molecule has 1 heterocycles. The van der Waals surface area contributed by atoms with E-state index in [1.807, 2.05) is 12.1 Å². The summed E-state index contributed by atoms with van der Waals surface area (Å²) in [6.07, 6.45) is -3.00. The summed E-state index contributed by atoms with van der Waals surface area (Å²) in [7, 11) is 0. The molecule has 2 aromatic rings. The summed E-state index contributed by atoms with van der Waals surface area (Å²) in [6.45, 7) is 1.78. The van der Waals surface area contributed by atoms with Crippen molar-refractivity contribution in [3.63, 3.8) is 0 Å². The van der Waals surface area contributed by atoms with Crippen LogP contribution in [-0.2, 0) is 12.7 Å². The van der Waals surface area contributed by atoms with Gasteiger partial charge in [0.2, 0.25) is 0 Å². The first kappa shape index (κ1) is 18.5. The van der Waals surface area contributed by atoms with Gasteiger partial charge in [0.05, 0.1) is 5.56 Å². The van der Waals surface area contributed by atoms with E-state index in [0.717, 1.165) is 30.7 Å². The summed E-state index contributed by atoms with van der Waals surface area (Å²) in [5.41, 5.74) is 0.0825. The second kappa shape index (κ2) is 7.50. The van der Waals surface area contributed by atoms with Gasteiger partial charge in [-0.15, -0.1) is 0 Å². The first-order valence-corrected chi connectivity index (χ1v) is 8.55. The molecule has 2 aromatic carbocycles. The van der Waals surface area contributed by atoms with Crippen LogP contribution < -0.4 is 0 Å². The minimum Gasteiger partial charge on any atom is -0.508 e. The fraction of sp³-hybridized carbons (Fsp3) is 0.350. The quantitative estimate of drug-likeness (QED) is 0.813. The Bertz CT molecular complexity index is 789. The number of piperidine rings is 1. The predicted octanol–water partition coefficient (Wildman–Crippen LogP) is 4.51. The molecule has 6 heteroatoms. The predicted molar refractivity (Wildman–Crippen MR) is 91.9 cm³/mol. The van der Waals surface area contributed by atoms with Crippen LogP contribution in [0.1, 0.15) is 34.3 Å². The molecule has 0 bridgehead atoms. The molecule has 3 nitrogen and oxygen atoms in total. The summed E-state index contributed by atoms with van der Waals surface area (Å²) in [5, 5.41) is 9.90. The van der Waals surface area contributed by atoms with Crippen LogP contribution >= 0.6 is 0 Å². The molecular formula is C20H20F3NO2. The van der Waals surface area contributed by atoms with Gasteiger partial charge in [0.15, 0.2) is 5.78 Å². The highest BCUT2D eigenvalue weighted by molar-refractivity contribution is 5.98. The number of alkyl halides is 3. The van der Waals surface area contributed by atoms with Gasteiger partial charge in [-0.05, 0) is 37.6 Å². The van der Waals surface area contributed by atoms with Gasteiger partial charge in [-0.25, -0.2) is 0 Å². The Morgan fingerprint density at radius 2 is 1.92 bits per heavy atom. The van der Waals surface area contributed by atoms with Crippen LogP contribution in [0.5, 0.6) is 5.75 Å². The lowest BCUT2D eigenvalue weighted by Crippen LogP contribution is -2.38. The van der Waals surface area contributed by atoms with Crippen molar-refractivity contribution in [2.24, 2.45) is 5.92 Å². The average molecular weight is 363 g/mol. The van der Waals surface area contributed by atoms with Gasteiger partial charge in [0, 0.05) is 30.1 Å². The fourth-order valence-electron chi connectivity index (χ4n) is 3.38. The van der Waals surface area contributed by atoms with Gasteiger partial charge in [-0.2, -0.15) is 13.2 Å². The number of likely N-dealkylation sites (tertiary alicyclic amines) is 1. The summed E-state index contributed by atoms with van der Waals surface area (Å²) >= 11 is 0. The third-order valence-electron chi connectivity index (χ3n) is 4.74. The van der Waals surface area contributed by atoms with Crippen molar-refractivity contribution in [1.82, 2.24) is 4.90 Å². The van der Waals surface area contributed by atoms with Crippen molar-refractivity contribution in [2.45, 2.75) is 25.6 Å². The molecular weight excluding hydrogens is 343 g/mol. The Balaban J connectivity index is 1.71. The average Bonchev–Trinajstić information content (AvgIpc) is 2.63. The molecule has 0 radical (unpaired) electrons. The number of Topliss-reactive ketones (excluding diaryl/α,β-unsaturated/α-hetero) is 1. The molecule has 3 rings (SSSR count). The molecule has 1 atom stereocenters. The topological polar surface area (TPSA) is 40.5 Å². The maximum absolute atomic E-state index is 12.9. The van der Waals surface area contributed by atoms with Crippen molar-refractivity contribution in [1.29, 1.82) is 0 Å². The van der Waals surface area contributed by atoms with Crippen molar-refractivity contribution in [3.05, 3.63) is 65.2 Å². The largest absolute Gasteiger partial charge is 0.508 e. The molecule has 1 aliphatic heterocycles. The molecule has 1 N–H and O–H groups in total. The van der Waals surface area contributed by atoms with Crippen LogP contribution in [0.4, 0.5) is 13.2 Å². The van der Waals surface area contributed by atoms with E-state index in [1.54, 1.807) is 12.1 Å². The number of carbonyl (C=O) groups is 1. The zero-order chi connectivity index (χ0) is 18.7.